The number of benzene rings is 2. The lowest BCUT2D eigenvalue weighted by atomic mass is 10.1. The molecule has 4 rings (SSSR count). The molecule has 2 heterocycles. The monoisotopic (exact) mass is 521 g/mol. The van der Waals surface area contributed by atoms with Crippen molar-refractivity contribution in [2.75, 3.05) is 19.6 Å². The van der Waals surface area contributed by atoms with Crippen molar-refractivity contribution in [3.63, 3.8) is 0 Å². The number of imide groups is 1. The van der Waals surface area contributed by atoms with Gasteiger partial charge in [-0.3, -0.25) is 29.4 Å². The summed E-state index contributed by atoms with van der Waals surface area (Å²) in [6.07, 6.45) is -1.60. The molecule has 0 aromatic heterocycles. The molecule has 0 saturated carbocycles. The van der Waals surface area contributed by atoms with Gasteiger partial charge in [0.1, 0.15) is 12.3 Å². The second kappa shape index (κ2) is 10.0. The number of carbonyl (C=O) groups is 3. The molecule has 0 aliphatic carbocycles. The van der Waals surface area contributed by atoms with Gasteiger partial charge in [-0.25, -0.2) is 0 Å². The fraction of sp³-hybridized carbons (Fsp3) is 0.261. The molecule has 2 aromatic rings. The average Bonchev–Trinajstić information content (AvgIpc) is 3.44. The Bertz CT molecular complexity index is 1270. The van der Waals surface area contributed by atoms with Crippen molar-refractivity contribution >= 4 is 40.6 Å². The third-order valence-corrected chi connectivity index (χ3v) is 6.40. The fourth-order valence-corrected chi connectivity index (χ4v) is 4.55. The molecule has 0 N–H and O–H groups in total. The predicted octanol–water partition coefficient (Wildman–Crippen LogP) is 5.06. The lowest BCUT2D eigenvalue weighted by Crippen LogP contribution is -2.40. The lowest BCUT2D eigenvalue weighted by Gasteiger charge is -2.18. The molecule has 0 bridgehead atoms. The van der Waals surface area contributed by atoms with Crippen molar-refractivity contribution in [3.8, 4) is 11.5 Å². The number of rotatable bonds is 6. The number of hydrogen-bond donors (Lipinski definition) is 0. The normalized spacial score (nSPS) is 17.2. The molecule has 0 spiro atoms. The van der Waals surface area contributed by atoms with Crippen molar-refractivity contribution in [1.82, 2.24) is 9.80 Å². The molecule has 0 radical (unpaired) electrons. The summed E-state index contributed by atoms with van der Waals surface area (Å²) in [6, 6.07) is 7.85. The first-order valence-electron chi connectivity index (χ1n) is 10.7. The molecule has 2 saturated heterocycles. The minimum absolute atomic E-state index is 0.0649. The second-order valence-corrected chi connectivity index (χ2v) is 8.96. The van der Waals surface area contributed by atoms with Gasteiger partial charge in [-0.05, 0) is 60.5 Å². The van der Waals surface area contributed by atoms with E-state index in [1.807, 2.05) is 0 Å². The van der Waals surface area contributed by atoms with E-state index in [0.717, 1.165) is 23.8 Å². The van der Waals surface area contributed by atoms with Gasteiger partial charge in [0, 0.05) is 19.2 Å². The number of carbonyl (C=O) groups excluding carboxylic acids is 3. The van der Waals surface area contributed by atoms with E-state index in [9.17, 15) is 37.7 Å². The highest BCUT2D eigenvalue weighted by Crippen LogP contribution is 2.38. The van der Waals surface area contributed by atoms with Crippen LogP contribution in [0, 0.1) is 10.1 Å². The maximum atomic E-state index is 12.9. The minimum atomic E-state index is -4.76. The summed E-state index contributed by atoms with van der Waals surface area (Å²) in [5.41, 5.74) is -1.65. The van der Waals surface area contributed by atoms with Gasteiger partial charge < -0.3 is 9.64 Å². The van der Waals surface area contributed by atoms with Crippen molar-refractivity contribution in [2.45, 2.75) is 19.0 Å². The molecule has 13 heteroatoms. The summed E-state index contributed by atoms with van der Waals surface area (Å²) < 4.78 is 44.2. The summed E-state index contributed by atoms with van der Waals surface area (Å²) in [7, 11) is 0. The van der Waals surface area contributed by atoms with Gasteiger partial charge in [-0.1, -0.05) is 12.1 Å². The maximum Gasteiger partial charge on any atom is 0.416 e. The Morgan fingerprint density at radius 2 is 1.86 bits per heavy atom. The zero-order valence-electron chi connectivity index (χ0n) is 18.5. The van der Waals surface area contributed by atoms with Crippen LogP contribution in [0.15, 0.2) is 47.4 Å². The van der Waals surface area contributed by atoms with E-state index in [1.165, 1.54) is 24.3 Å². The molecule has 0 unspecified atom stereocenters. The predicted molar refractivity (Wildman–Crippen MR) is 123 cm³/mol. The van der Waals surface area contributed by atoms with Crippen LogP contribution in [0.4, 0.5) is 23.7 Å². The fourth-order valence-electron chi connectivity index (χ4n) is 3.71. The molecule has 9 nitrogen and oxygen atoms in total. The van der Waals surface area contributed by atoms with Gasteiger partial charge in [0.2, 0.25) is 11.7 Å². The number of ether oxygens (including phenoxy) is 1. The quantitative estimate of drug-likeness (QED) is 0.297. The van der Waals surface area contributed by atoms with Crippen molar-refractivity contribution in [3.05, 3.63) is 68.6 Å². The molecule has 0 atom stereocenters. The molecule has 3 amide bonds. The Kier molecular flexibility index (Phi) is 7.02. The number of nitrogens with zero attached hydrogens (tertiary/aromatic N) is 3. The highest BCUT2D eigenvalue weighted by molar-refractivity contribution is 8.18. The van der Waals surface area contributed by atoms with Crippen LogP contribution >= 0.6 is 11.8 Å². The highest BCUT2D eigenvalue weighted by Gasteiger charge is 2.37. The van der Waals surface area contributed by atoms with Gasteiger partial charge in [0.15, 0.2) is 0 Å². The first-order valence-corrected chi connectivity index (χ1v) is 11.5. The minimum Gasteiger partial charge on any atom is -0.450 e. The number of alkyl halides is 3. The molecule has 188 valence electrons. The van der Waals surface area contributed by atoms with Gasteiger partial charge >= 0.3 is 11.9 Å². The van der Waals surface area contributed by atoms with Crippen LogP contribution in [0.1, 0.15) is 24.0 Å². The zero-order valence-corrected chi connectivity index (χ0v) is 19.3. The molecule has 36 heavy (non-hydrogen) atoms. The number of nitro benzene ring substituents is 1. The Balaban J connectivity index is 1.52. The third-order valence-electron chi connectivity index (χ3n) is 5.49. The summed E-state index contributed by atoms with van der Waals surface area (Å²) in [5.74, 6) is -1.26. The summed E-state index contributed by atoms with van der Waals surface area (Å²) >= 11 is 0.672. The lowest BCUT2D eigenvalue weighted by molar-refractivity contribution is -0.385. The number of halogens is 3. The molecule has 2 aliphatic rings. The number of nitro groups is 1. The van der Waals surface area contributed by atoms with Crippen LogP contribution in [0.2, 0.25) is 0 Å². The summed E-state index contributed by atoms with van der Waals surface area (Å²) in [5, 5.41) is 10.7. The van der Waals surface area contributed by atoms with Crippen LogP contribution in [-0.4, -0.2) is 51.4 Å². The molecular weight excluding hydrogens is 503 g/mol. The molecule has 2 aromatic carbocycles. The van der Waals surface area contributed by atoms with Gasteiger partial charge in [-0.2, -0.15) is 13.2 Å². The Hall–Kier alpha value is -3.87. The molecule has 2 fully saturated rings. The van der Waals surface area contributed by atoms with E-state index in [-0.39, 0.29) is 23.1 Å². The largest absolute Gasteiger partial charge is 0.450 e. The van der Waals surface area contributed by atoms with Crippen LogP contribution in [0.3, 0.4) is 0 Å². The van der Waals surface area contributed by atoms with Crippen molar-refractivity contribution in [1.29, 1.82) is 0 Å². The van der Waals surface area contributed by atoms with Crippen LogP contribution in [-0.2, 0) is 15.8 Å². The van der Waals surface area contributed by atoms with E-state index < -0.39 is 39.2 Å². The maximum absolute atomic E-state index is 12.9. The Morgan fingerprint density at radius 1 is 1.14 bits per heavy atom. The van der Waals surface area contributed by atoms with Crippen molar-refractivity contribution in [2.24, 2.45) is 0 Å². The second-order valence-electron chi connectivity index (χ2n) is 7.97. The highest BCUT2D eigenvalue weighted by atomic mass is 32.2. The summed E-state index contributed by atoms with van der Waals surface area (Å²) in [4.78, 5) is 50.3. The third kappa shape index (κ3) is 5.51. The zero-order chi connectivity index (χ0) is 26.0. The average molecular weight is 521 g/mol. The molecular formula is C23H18F3N3O6S. The Labute approximate surface area is 206 Å². The van der Waals surface area contributed by atoms with E-state index in [0.29, 0.717) is 42.5 Å². The topological polar surface area (TPSA) is 110 Å². The van der Waals surface area contributed by atoms with E-state index in [4.69, 9.17) is 4.74 Å². The van der Waals surface area contributed by atoms with E-state index in [1.54, 1.807) is 11.0 Å². The van der Waals surface area contributed by atoms with Crippen LogP contribution in [0.25, 0.3) is 6.08 Å². The van der Waals surface area contributed by atoms with E-state index in [2.05, 4.69) is 0 Å². The van der Waals surface area contributed by atoms with Gasteiger partial charge in [0.25, 0.3) is 11.1 Å². The van der Waals surface area contributed by atoms with Crippen LogP contribution < -0.4 is 4.74 Å². The first-order chi connectivity index (χ1) is 17.0. The molecule has 2 aliphatic heterocycles. The van der Waals surface area contributed by atoms with Gasteiger partial charge in [0.05, 0.1) is 15.4 Å². The number of amides is 3. The SMILES string of the molecule is O=C(CN1C(=O)S/C(=C/c2cccc(Oc3ccc(C(F)(F)F)cc3[N+](=O)[O-])c2)C1=O)N1CCCC1. The first kappa shape index (κ1) is 25.2. The Morgan fingerprint density at radius 3 is 2.53 bits per heavy atom. The summed E-state index contributed by atoms with van der Waals surface area (Å²) in [6.45, 7) is 0.840. The number of likely N-dealkylation sites (tertiary alicyclic amines) is 1. The van der Waals surface area contributed by atoms with Gasteiger partial charge in [-0.15, -0.1) is 0 Å². The standard InChI is InChI=1S/C23H18F3N3O6S/c24-23(25,26)15-6-7-18(17(12-15)29(33)34)35-16-5-3-4-14(10-16)11-19-21(31)28(22(32)36-19)13-20(30)27-8-1-2-9-27/h3-7,10-12H,1-2,8-9,13H2/b19-11+. The smallest absolute Gasteiger partial charge is 0.416 e. The van der Waals surface area contributed by atoms with Crippen LogP contribution in [0.5, 0.6) is 11.5 Å². The number of thioether (sulfide) groups is 1. The van der Waals surface area contributed by atoms with Crippen molar-refractivity contribution < 1.29 is 37.2 Å². The number of hydrogen-bond acceptors (Lipinski definition) is 7. The van der Waals surface area contributed by atoms with E-state index >= 15 is 0 Å².